The Bertz CT molecular complexity index is 644. The molecule has 0 N–H and O–H groups in total. The van der Waals surface area contributed by atoms with Gasteiger partial charge in [0.2, 0.25) is 5.91 Å². The van der Waals surface area contributed by atoms with Crippen molar-refractivity contribution in [1.29, 1.82) is 0 Å². The fourth-order valence-electron chi connectivity index (χ4n) is 3.29. The molecule has 1 aliphatic rings. The molecule has 162 valence electrons. The van der Waals surface area contributed by atoms with Crippen LogP contribution < -0.4 is 0 Å². The monoisotopic (exact) mass is 426 g/mol. The largest absolute Gasteiger partial charge is 0.466 e. The van der Waals surface area contributed by atoms with Crippen LogP contribution in [0.5, 0.6) is 0 Å². The highest BCUT2D eigenvalue weighted by Crippen LogP contribution is 2.37. The molecule has 0 saturated carbocycles. The van der Waals surface area contributed by atoms with Gasteiger partial charge in [0.05, 0.1) is 13.2 Å². The van der Waals surface area contributed by atoms with Crippen LogP contribution in [0.15, 0.2) is 24.3 Å². The molecule has 0 radical (unpaired) electrons. The summed E-state index contributed by atoms with van der Waals surface area (Å²) in [5.41, 5.74) is 0.940. The van der Waals surface area contributed by atoms with Crippen molar-refractivity contribution in [2.75, 3.05) is 52.3 Å². The van der Waals surface area contributed by atoms with Crippen LogP contribution in [-0.2, 0) is 19.1 Å². The number of thioether (sulfide) groups is 1. The number of halogens is 1. The number of carbonyl (C=O) groups is 2. The highest BCUT2D eigenvalue weighted by atomic mass is 32.2. The summed E-state index contributed by atoms with van der Waals surface area (Å²) >= 11 is 1.70. The summed E-state index contributed by atoms with van der Waals surface area (Å²) in [5.74, 6) is 0.432. The van der Waals surface area contributed by atoms with E-state index in [9.17, 15) is 14.0 Å². The maximum Gasteiger partial charge on any atom is 0.305 e. The first-order chi connectivity index (χ1) is 14.0. The minimum atomic E-state index is -0.277. The van der Waals surface area contributed by atoms with E-state index in [4.69, 9.17) is 9.47 Å². The Kier molecular flexibility index (Phi) is 10.5. The van der Waals surface area contributed by atoms with Crippen LogP contribution in [0.4, 0.5) is 4.39 Å². The standard InChI is InChI=1S/C21H31FN2O4S/c1-3-28-20(26)6-4-11-23(12-5-14-27-2)16-19(25)24-13-15-29-21(24)17-7-9-18(22)10-8-17/h7-10,21H,3-6,11-16H2,1-2H3/t21-/m0/s1. The molecule has 0 bridgehead atoms. The third-order valence-electron chi connectivity index (χ3n) is 4.71. The molecule has 0 aliphatic carbocycles. The number of nitrogens with zero attached hydrogens (tertiary/aromatic N) is 2. The van der Waals surface area contributed by atoms with Crippen molar-refractivity contribution in [3.05, 3.63) is 35.6 Å². The number of benzene rings is 1. The van der Waals surface area contributed by atoms with Crippen molar-refractivity contribution in [2.24, 2.45) is 0 Å². The molecule has 6 nitrogen and oxygen atoms in total. The molecule has 2 rings (SSSR count). The maximum absolute atomic E-state index is 13.2. The van der Waals surface area contributed by atoms with E-state index in [2.05, 4.69) is 4.90 Å². The smallest absolute Gasteiger partial charge is 0.305 e. The van der Waals surface area contributed by atoms with Crippen LogP contribution in [0.3, 0.4) is 0 Å². The molecule has 0 unspecified atom stereocenters. The first-order valence-corrected chi connectivity index (χ1v) is 11.1. The molecule has 1 amide bonds. The summed E-state index contributed by atoms with van der Waals surface area (Å²) < 4.78 is 23.3. The fourth-order valence-corrected chi connectivity index (χ4v) is 4.57. The lowest BCUT2D eigenvalue weighted by atomic mass is 10.2. The average Bonchev–Trinajstić information content (AvgIpc) is 3.19. The molecule has 1 aromatic rings. The van der Waals surface area contributed by atoms with Crippen LogP contribution in [0.25, 0.3) is 0 Å². The van der Waals surface area contributed by atoms with Gasteiger partial charge in [0, 0.05) is 39.0 Å². The van der Waals surface area contributed by atoms with Gasteiger partial charge in [-0.15, -0.1) is 11.8 Å². The van der Waals surface area contributed by atoms with Crippen molar-refractivity contribution in [1.82, 2.24) is 9.80 Å². The Hall–Kier alpha value is -1.64. The second-order valence-electron chi connectivity index (χ2n) is 6.89. The van der Waals surface area contributed by atoms with Gasteiger partial charge in [-0.2, -0.15) is 0 Å². The second-order valence-corrected chi connectivity index (χ2v) is 8.08. The molecule has 1 aliphatic heterocycles. The summed E-state index contributed by atoms with van der Waals surface area (Å²) in [6.07, 6.45) is 1.81. The van der Waals surface area contributed by atoms with Crippen molar-refractivity contribution in [3.63, 3.8) is 0 Å². The molecule has 1 heterocycles. The SMILES string of the molecule is CCOC(=O)CCCN(CCCOC)CC(=O)N1CCS[C@H]1c1ccc(F)cc1. The van der Waals surface area contributed by atoms with E-state index in [0.717, 1.165) is 24.3 Å². The van der Waals surface area contributed by atoms with Gasteiger partial charge < -0.3 is 14.4 Å². The van der Waals surface area contributed by atoms with E-state index in [1.54, 1.807) is 37.9 Å². The van der Waals surface area contributed by atoms with Crippen LogP contribution in [0.2, 0.25) is 0 Å². The van der Waals surface area contributed by atoms with E-state index in [-0.39, 0.29) is 23.1 Å². The molecule has 1 atom stereocenters. The zero-order valence-corrected chi connectivity index (χ0v) is 18.1. The third kappa shape index (κ3) is 7.95. The average molecular weight is 427 g/mol. The molecule has 1 saturated heterocycles. The van der Waals surface area contributed by atoms with Crippen molar-refractivity contribution < 1.29 is 23.5 Å². The minimum Gasteiger partial charge on any atom is -0.466 e. The lowest BCUT2D eigenvalue weighted by molar-refractivity contribution is -0.143. The van der Waals surface area contributed by atoms with Gasteiger partial charge in [0.1, 0.15) is 11.2 Å². The summed E-state index contributed by atoms with van der Waals surface area (Å²) in [7, 11) is 1.66. The number of esters is 1. The van der Waals surface area contributed by atoms with Crippen molar-refractivity contribution in [2.45, 2.75) is 31.6 Å². The number of methoxy groups -OCH3 is 1. The van der Waals surface area contributed by atoms with Crippen LogP contribution in [-0.4, -0.2) is 73.9 Å². The van der Waals surface area contributed by atoms with Gasteiger partial charge in [-0.3, -0.25) is 14.5 Å². The predicted molar refractivity (Wildman–Crippen MR) is 112 cm³/mol. The first kappa shape index (κ1) is 23.6. The Labute approximate surface area is 176 Å². The molecule has 1 fully saturated rings. The number of ether oxygens (including phenoxy) is 2. The van der Waals surface area contributed by atoms with Crippen molar-refractivity contribution in [3.8, 4) is 0 Å². The number of hydrogen-bond donors (Lipinski definition) is 0. The molecular weight excluding hydrogens is 395 g/mol. The third-order valence-corrected chi connectivity index (χ3v) is 5.97. The summed E-state index contributed by atoms with van der Waals surface area (Å²) in [6.45, 7) is 5.15. The first-order valence-electron chi connectivity index (χ1n) is 10.1. The van der Waals surface area contributed by atoms with Gasteiger partial charge in [0.25, 0.3) is 0 Å². The normalized spacial score (nSPS) is 16.4. The summed E-state index contributed by atoms with van der Waals surface area (Å²) in [4.78, 5) is 28.5. The molecule has 29 heavy (non-hydrogen) atoms. The zero-order chi connectivity index (χ0) is 21.1. The molecule has 1 aromatic carbocycles. The fraction of sp³-hybridized carbons (Fsp3) is 0.619. The van der Waals surface area contributed by atoms with Gasteiger partial charge in [0.15, 0.2) is 0 Å². The number of rotatable bonds is 12. The van der Waals surface area contributed by atoms with E-state index in [1.165, 1.54) is 12.1 Å². The lowest BCUT2D eigenvalue weighted by Gasteiger charge is -2.28. The summed E-state index contributed by atoms with van der Waals surface area (Å²) in [5, 5.41) is -0.0801. The highest BCUT2D eigenvalue weighted by Gasteiger charge is 2.31. The maximum atomic E-state index is 13.2. The zero-order valence-electron chi connectivity index (χ0n) is 17.3. The Balaban J connectivity index is 1.93. The van der Waals surface area contributed by atoms with E-state index >= 15 is 0 Å². The van der Waals surface area contributed by atoms with Gasteiger partial charge in [-0.25, -0.2) is 4.39 Å². The molecule has 0 spiro atoms. The predicted octanol–water partition coefficient (Wildman–Crippen LogP) is 3.08. The second kappa shape index (κ2) is 12.8. The number of amides is 1. The van der Waals surface area contributed by atoms with Gasteiger partial charge in [-0.1, -0.05) is 12.1 Å². The van der Waals surface area contributed by atoms with E-state index in [0.29, 0.717) is 45.7 Å². The Morgan fingerprint density at radius 2 is 1.97 bits per heavy atom. The van der Waals surface area contributed by atoms with Gasteiger partial charge in [-0.05, 0) is 44.0 Å². The van der Waals surface area contributed by atoms with E-state index in [1.807, 2.05) is 4.90 Å². The topological polar surface area (TPSA) is 59.1 Å². The van der Waals surface area contributed by atoms with Crippen molar-refractivity contribution >= 4 is 23.6 Å². The minimum absolute atomic E-state index is 0.0536. The van der Waals surface area contributed by atoms with Crippen LogP contribution >= 0.6 is 11.8 Å². The van der Waals surface area contributed by atoms with E-state index < -0.39 is 0 Å². The molecule has 8 heteroatoms. The quantitative estimate of drug-likeness (QED) is 0.378. The molecular formula is C21H31FN2O4S. The number of hydrogen-bond acceptors (Lipinski definition) is 6. The van der Waals surface area contributed by atoms with Crippen LogP contribution in [0.1, 0.15) is 37.1 Å². The summed E-state index contributed by atoms with van der Waals surface area (Å²) in [6, 6.07) is 6.36. The van der Waals surface area contributed by atoms with Gasteiger partial charge >= 0.3 is 5.97 Å². The Morgan fingerprint density at radius 3 is 2.66 bits per heavy atom. The van der Waals surface area contributed by atoms with Crippen LogP contribution in [0, 0.1) is 5.82 Å². The number of carbonyl (C=O) groups excluding carboxylic acids is 2. The molecule has 0 aromatic heterocycles. The Morgan fingerprint density at radius 1 is 1.24 bits per heavy atom. The highest BCUT2D eigenvalue weighted by molar-refractivity contribution is 7.99. The lowest BCUT2D eigenvalue weighted by Crippen LogP contribution is -2.41.